The van der Waals surface area contributed by atoms with E-state index in [0.717, 1.165) is 42.5 Å². The molecule has 5 heteroatoms. The van der Waals surface area contributed by atoms with E-state index in [1.807, 2.05) is 25.1 Å². The Bertz CT molecular complexity index is 702. The molecular formula is C19H26N2O3. The summed E-state index contributed by atoms with van der Waals surface area (Å²) >= 11 is 0. The van der Waals surface area contributed by atoms with Crippen molar-refractivity contribution in [1.82, 2.24) is 10.3 Å². The Morgan fingerprint density at radius 3 is 3.08 bits per heavy atom. The molecule has 1 aromatic carbocycles. The van der Waals surface area contributed by atoms with E-state index in [2.05, 4.69) is 17.2 Å². The lowest BCUT2D eigenvalue weighted by Crippen LogP contribution is -2.25. The van der Waals surface area contributed by atoms with Crippen molar-refractivity contribution in [2.24, 2.45) is 0 Å². The van der Waals surface area contributed by atoms with Crippen LogP contribution in [0.2, 0.25) is 0 Å². The Balaban J connectivity index is 1.42. The maximum Gasteiger partial charge on any atom is 0.251 e. The van der Waals surface area contributed by atoms with Gasteiger partial charge in [0.25, 0.3) is 5.91 Å². The van der Waals surface area contributed by atoms with Crippen LogP contribution < -0.4 is 5.32 Å². The second-order valence-corrected chi connectivity index (χ2v) is 6.45. The fourth-order valence-corrected chi connectivity index (χ4v) is 3.07. The summed E-state index contributed by atoms with van der Waals surface area (Å²) < 4.78 is 11.1. The third-order valence-corrected chi connectivity index (χ3v) is 4.65. The van der Waals surface area contributed by atoms with Gasteiger partial charge < -0.3 is 19.8 Å². The van der Waals surface area contributed by atoms with Crippen LogP contribution >= 0.6 is 0 Å². The fourth-order valence-electron chi connectivity index (χ4n) is 3.07. The number of nitrogens with one attached hydrogen (secondary N) is 2. The number of H-pyrrole nitrogens is 1. The predicted octanol–water partition coefficient (Wildman–Crippen LogP) is 3.10. The van der Waals surface area contributed by atoms with Gasteiger partial charge in [0.2, 0.25) is 0 Å². The third kappa shape index (κ3) is 3.97. The van der Waals surface area contributed by atoms with Crippen molar-refractivity contribution < 1.29 is 14.3 Å². The molecule has 1 amide bonds. The van der Waals surface area contributed by atoms with Crippen molar-refractivity contribution in [2.75, 3.05) is 26.4 Å². The molecule has 1 aliphatic heterocycles. The molecule has 0 saturated carbocycles. The van der Waals surface area contributed by atoms with Gasteiger partial charge in [0.1, 0.15) is 0 Å². The number of hydrogen-bond donors (Lipinski definition) is 2. The second kappa shape index (κ2) is 7.81. The van der Waals surface area contributed by atoms with Crippen LogP contribution in [0.25, 0.3) is 10.9 Å². The zero-order chi connectivity index (χ0) is 16.9. The van der Waals surface area contributed by atoms with Crippen molar-refractivity contribution in [3.63, 3.8) is 0 Å². The molecule has 130 valence electrons. The lowest BCUT2D eigenvalue weighted by Gasteiger charge is -2.10. The van der Waals surface area contributed by atoms with Gasteiger partial charge in [-0.1, -0.05) is 0 Å². The second-order valence-electron chi connectivity index (χ2n) is 6.45. The summed E-state index contributed by atoms with van der Waals surface area (Å²) in [5.41, 5.74) is 4.11. The molecule has 1 aromatic heterocycles. The molecule has 2 aromatic rings. The minimum atomic E-state index is -0.0331. The van der Waals surface area contributed by atoms with Gasteiger partial charge in [0.05, 0.1) is 12.7 Å². The normalized spacial score (nSPS) is 17.5. The average Bonchev–Trinajstić information content (AvgIpc) is 3.19. The first kappa shape index (κ1) is 17.0. The first-order valence-electron chi connectivity index (χ1n) is 8.71. The summed E-state index contributed by atoms with van der Waals surface area (Å²) in [5, 5.41) is 4.07. The lowest BCUT2D eigenvalue weighted by molar-refractivity contribution is 0.0166. The molecule has 2 N–H and O–H groups in total. The smallest absolute Gasteiger partial charge is 0.251 e. The molecule has 0 radical (unpaired) electrons. The fraction of sp³-hybridized carbons (Fsp3) is 0.526. The van der Waals surface area contributed by atoms with Crippen molar-refractivity contribution in [1.29, 1.82) is 0 Å². The number of amides is 1. The van der Waals surface area contributed by atoms with Crippen LogP contribution in [0.15, 0.2) is 18.2 Å². The minimum absolute atomic E-state index is 0.0331. The number of ether oxygens (including phenoxy) is 2. The number of fused-ring (bicyclic) bond motifs is 1. The first-order chi connectivity index (χ1) is 11.6. The summed E-state index contributed by atoms with van der Waals surface area (Å²) in [5.74, 6) is -0.0331. The molecule has 1 atom stereocenters. The zero-order valence-electron chi connectivity index (χ0n) is 14.5. The van der Waals surface area contributed by atoms with Gasteiger partial charge >= 0.3 is 0 Å². The number of hydrogen-bond acceptors (Lipinski definition) is 3. The molecule has 1 fully saturated rings. The van der Waals surface area contributed by atoms with E-state index >= 15 is 0 Å². The molecule has 0 bridgehead atoms. The molecule has 2 heterocycles. The number of carbonyl (C=O) groups excluding carboxylic acids is 1. The Kier molecular flexibility index (Phi) is 5.53. The van der Waals surface area contributed by atoms with Crippen LogP contribution in [0, 0.1) is 13.8 Å². The number of aryl methyl sites for hydroxylation is 2. The van der Waals surface area contributed by atoms with Crippen LogP contribution in [-0.2, 0) is 9.47 Å². The summed E-state index contributed by atoms with van der Waals surface area (Å²) in [4.78, 5) is 15.6. The monoisotopic (exact) mass is 330 g/mol. The Labute approximate surface area is 142 Å². The largest absolute Gasteiger partial charge is 0.379 e. The minimum Gasteiger partial charge on any atom is -0.379 e. The highest BCUT2D eigenvalue weighted by Gasteiger charge is 2.15. The zero-order valence-corrected chi connectivity index (χ0v) is 14.5. The highest BCUT2D eigenvalue weighted by atomic mass is 16.5. The molecule has 24 heavy (non-hydrogen) atoms. The lowest BCUT2D eigenvalue weighted by atomic mass is 10.1. The standard InChI is InChI=1S/C19H26N2O3/c1-13-14(2)21-18-7-6-15(11-17(13)18)19(22)20-8-4-9-23-12-16-5-3-10-24-16/h6-7,11,16,21H,3-5,8-10,12H2,1-2H3,(H,20,22). The predicted molar refractivity (Wildman–Crippen MR) is 94.5 cm³/mol. The summed E-state index contributed by atoms with van der Waals surface area (Å²) in [7, 11) is 0. The maximum absolute atomic E-state index is 12.3. The van der Waals surface area contributed by atoms with Crippen LogP contribution in [0.4, 0.5) is 0 Å². The summed E-state index contributed by atoms with van der Waals surface area (Å²) in [6.07, 6.45) is 3.30. The maximum atomic E-state index is 12.3. The van der Waals surface area contributed by atoms with E-state index in [4.69, 9.17) is 9.47 Å². The molecule has 1 aliphatic rings. The SMILES string of the molecule is Cc1[nH]c2ccc(C(=O)NCCCOCC3CCCO3)cc2c1C. The van der Waals surface area contributed by atoms with Gasteiger partial charge in [-0.25, -0.2) is 0 Å². The molecule has 1 unspecified atom stereocenters. The van der Waals surface area contributed by atoms with Gasteiger partial charge in [0, 0.05) is 41.9 Å². The number of aromatic amines is 1. The van der Waals surface area contributed by atoms with E-state index in [-0.39, 0.29) is 12.0 Å². The first-order valence-corrected chi connectivity index (χ1v) is 8.71. The molecule has 3 rings (SSSR count). The van der Waals surface area contributed by atoms with Gasteiger partial charge in [-0.15, -0.1) is 0 Å². The quantitative estimate of drug-likeness (QED) is 0.767. The van der Waals surface area contributed by atoms with Crippen LogP contribution in [0.1, 0.15) is 40.9 Å². The van der Waals surface area contributed by atoms with Crippen molar-refractivity contribution in [2.45, 2.75) is 39.2 Å². The molecule has 0 aliphatic carbocycles. The van der Waals surface area contributed by atoms with Gasteiger partial charge in [-0.2, -0.15) is 0 Å². The highest BCUT2D eigenvalue weighted by molar-refractivity contribution is 5.99. The average molecular weight is 330 g/mol. The van der Waals surface area contributed by atoms with Crippen molar-refractivity contribution in [3.8, 4) is 0 Å². The van der Waals surface area contributed by atoms with Gasteiger partial charge in [0.15, 0.2) is 0 Å². The van der Waals surface area contributed by atoms with E-state index in [1.54, 1.807) is 0 Å². The van der Waals surface area contributed by atoms with Crippen LogP contribution in [0.5, 0.6) is 0 Å². The van der Waals surface area contributed by atoms with E-state index in [9.17, 15) is 4.79 Å². The van der Waals surface area contributed by atoms with Gasteiger partial charge in [-0.05, 0) is 56.9 Å². The van der Waals surface area contributed by atoms with E-state index in [0.29, 0.717) is 25.3 Å². The van der Waals surface area contributed by atoms with E-state index in [1.165, 1.54) is 5.56 Å². The van der Waals surface area contributed by atoms with E-state index < -0.39 is 0 Å². The highest BCUT2D eigenvalue weighted by Crippen LogP contribution is 2.22. The Hall–Kier alpha value is -1.85. The molecule has 0 spiro atoms. The van der Waals surface area contributed by atoms with Crippen molar-refractivity contribution in [3.05, 3.63) is 35.0 Å². The Morgan fingerprint density at radius 1 is 1.42 bits per heavy atom. The molecule has 1 saturated heterocycles. The van der Waals surface area contributed by atoms with Crippen LogP contribution in [-0.4, -0.2) is 43.4 Å². The van der Waals surface area contributed by atoms with Gasteiger partial charge in [-0.3, -0.25) is 4.79 Å². The Morgan fingerprint density at radius 2 is 2.29 bits per heavy atom. The summed E-state index contributed by atoms with van der Waals surface area (Å²) in [6, 6.07) is 5.79. The number of carbonyl (C=O) groups is 1. The van der Waals surface area contributed by atoms with Crippen LogP contribution in [0.3, 0.4) is 0 Å². The molecule has 5 nitrogen and oxygen atoms in total. The topological polar surface area (TPSA) is 63.4 Å². The third-order valence-electron chi connectivity index (χ3n) is 4.65. The van der Waals surface area contributed by atoms with Crippen molar-refractivity contribution >= 4 is 16.8 Å². The summed E-state index contributed by atoms with van der Waals surface area (Å²) in [6.45, 7) is 6.90. The number of aromatic nitrogens is 1. The number of rotatable bonds is 7. The molecular weight excluding hydrogens is 304 g/mol. The number of benzene rings is 1.